The van der Waals surface area contributed by atoms with Crippen molar-refractivity contribution in [2.75, 3.05) is 5.32 Å². The van der Waals surface area contributed by atoms with Gasteiger partial charge in [-0.15, -0.1) is 0 Å². The second-order valence-electron chi connectivity index (χ2n) is 4.64. The van der Waals surface area contributed by atoms with Crippen molar-refractivity contribution in [1.29, 1.82) is 0 Å². The van der Waals surface area contributed by atoms with E-state index < -0.39 is 23.3 Å². The Bertz CT molecular complexity index is 544. The summed E-state index contributed by atoms with van der Waals surface area (Å²) in [5, 5.41) is 12.5. The molecule has 0 heterocycles. The fourth-order valence-corrected chi connectivity index (χ4v) is 2.67. The van der Waals surface area contributed by atoms with Crippen molar-refractivity contribution in [3.63, 3.8) is 0 Å². The van der Waals surface area contributed by atoms with E-state index in [9.17, 15) is 9.59 Å². The molecule has 102 valence electrons. The molecule has 5 nitrogen and oxygen atoms in total. The van der Waals surface area contributed by atoms with Crippen LogP contribution < -0.4 is 11.1 Å². The van der Waals surface area contributed by atoms with Crippen LogP contribution in [0, 0.1) is 5.92 Å². The normalized spacial score (nSPS) is 25.5. The van der Waals surface area contributed by atoms with Crippen LogP contribution in [0.2, 0.25) is 5.02 Å². The molecule has 1 amide bonds. The highest BCUT2D eigenvalue weighted by Crippen LogP contribution is 2.41. The number of anilines is 1. The summed E-state index contributed by atoms with van der Waals surface area (Å²) in [5.74, 6) is -1.98. The number of hydrogen-bond donors (Lipinski definition) is 3. The van der Waals surface area contributed by atoms with Crippen LogP contribution in [0.4, 0.5) is 5.69 Å². The number of carbonyl (C=O) groups excluding carboxylic acids is 1. The molecule has 0 aromatic heterocycles. The van der Waals surface area contributed by atoms with E-state index in [0.717, 1.165) is 0 Å². The molecule has 7 heteroatoms. The zero-order chi connectivity index (χ0) is 14.2. The van der Waals surface area contributed by atoms with Crippen molar-refractivity contribution >= 4 is 45.1 Å². The van der Waals surface area contributed by atoms with Crippen LogP contribution in [-0.2, 0) is 9.59 Å². The molecule has 0 saturated heterocycles. The van der Waals surface area contributed by atoms with Crippen molar-refractivity contribution in [1.82, 2.24) is 0 Å². The molecule has 0 bridgehead atoms. The van der Waals surface area contributed by atoms with Gasteiger partial charge < -0.3 is 16.2 Å². The SMILES string of the molecule is NC(=O)C1(Nc2ccc(Cl)c(Br)c2)CC(C(=O)O)C1. The van der Waals surface area contributed by atoms with Crippen LogP contribution in [0.15, 0.2) is 22.7 Å². The predicted octanol–water partition coefficient (Wildman–Crippen LogP) is 2.23. The third kappa shape index (κ3) is 2.69. The summed E-state index contributed by atoms with van der Waals surface area (Å²) < 4.78 is 0.688. The number of amides is 1. The van der Waals surface area contributed by atoms with Gasteiger partial charge in [0.2, 0.25) is 5.91 Å². The third-order valence-corrected chi connectivity index (χ3v) is 4.53. The largest absolute Gasteiger partial charge is 0.481 e. The Morgan fingerprint density at radius 2 is 2.11 bits per heavy atom. The lowest BCUT2D eigenvalue weighted by molar-refractivity contribution is -0.148. The second kappa shape index (κ2) is 5.02. The van der Waals surface area contributed by atoms with Gasteiger partial charge in [-0.05, 0) is 47.0 Å². The summed E-state index contributed by atoms with van der Waals surface area (Å²) in [6, 6.07) is 5.11. The van der Waals surface area contributed by atoms with Crippen LogP contribution in [-0.4, -0.2) is 22.5 Å². The zero-order valence-electron chi connectivity index (χ0n) is 9.82. The molecule has 0 spiro atoms. The molecule has 1 aromatic rings. The fraction of sp³-hybridized carbons (Fsp3) is 0.333. The molecule has 1 fully saturated rings. The minimum absolute atomic E-state index is 0.192. The lowest BCUT2D eigenvalue weighted by Gasteiger charge is -2.44. The highest BCUT2D eigenvalue weighted by atomic mass is 79.9. The molecule has 1 aliphatic rings. The van der Waals surface area contributed by atoms with Gasteiger partial charge in [-0.25, -0.2) is 0 Å². The maximum absolute atomic E-state index is 11.6. The van der Waals surface area contributed by atoms with Crippen LogP contribution in [0.3, 0.4) is 0 Å². The summed E-state index contributed by atoms with van der Waals surface area (Å²) in [5.41, 5.74) is 5.05. The molecule has 1 aliphatic carbocycles. The highest BCUT2D eigenvalue weighted by molar-refractivity contribution is 9.10. The molecule has 1 aromatic carbocycles. The van der Waals surface area contributed by atoms with E-state index in [2.05, 4.69) is 21.2 Å². The Morgan fingerprint density at radius 1 is 1.47 bits per heavy atom. The standard InChI is InChI=1S/C12H12BrClN2O3/c13-8-3-7(1-2-9(8)14)16-12(11(15)19)4-6(5-12)10(17)18/h1-3,6,16H,4-5H2,(H2,15,19)(H,17,18). The minimum Gasteiger partial charge on any atom is -0.481 e. The van der Waals surface area contributed by atoms with Gasteiger partial charge >= 0.3 is 5.97 Å². The molecule has 0 atom stereocenters. The van der Waals surface area contributed by atoms with E-state index in [1.165, 1.54) is 0 Å². The Morgan fingerprint density at radius 3 is 2.58 bits per heavy atom. The molecule has 1 saturated carbocycles. The average Bonchev–Trinajstić information content (AvgIpc) is 2.26. The first-order valence-corrected chi connectivity index (χ1v) is 6.77. The first kappa shape index (κ1) is 14.1. The van der Waals surface area contributed by atoms with Crippen LogP contribution in [0.25, 0.3) is 0 Å². The van der Waals surface area contributed by atoms with Crippen LogP contribution in [0.1, 0.15) is 12.8 Å². The number of primary amides is 1. The van der Waals surface area contributed by atoms with Crippen molar-refractivity contribution < 1.29 is 14.7 Å². The fourth-order valence-electron chi connectivity index (χ4n) is 2.17. The molecule has 2 rings (SSSR count). The smallest absolute Gasteiger partial charge is 0.306 e. The van der Waals surface area contributed by atoms with Crippen molar-refractivity contribution in [2.45, 2.75) is 18.4 Å². The Kier molecular flexibility index (Phi) is 3.73. The number of halogens is 2. The van der Waals surface area contributed by atoms with Gasteiger partial charge in [0.1, 0.15) is 5.54 Å². The number of nitrogens with one attached hydrogen (secondary N) is 1. The number of benzene rings is 1. The van der Waals surface area contributed by atoms with E-state index in [0.29, 0.717) is 15.2 Å². The molecule has 0 unspecified atom stereocenters. The third-order valence-electron chi connectivity index (χ3n) is 3.31. The van der Waals surface area contributed by atoms with Crippen molar-refractivity contribution in [3.8, 4) is 0 Å². The number of rotatable bonds is 4. The lowest BCUT2D eigenvalue weighted by Crippen LogP contribution is -2.60. The minimum atomic E-state index is -0.990. The van der Waals surface area contributed by atoms with E-state index in [1.807, 2.05) is 0 Å². The second-order valence-corrected chi connectivity index (χ2v) is 5.91. The first-order valence-electron chi connectivity index (χ1n) is 5.60. The quantitative estimate of drug-likeness (QED) is 0.779. The summed E-state index contributed by atoms with van der Waals surface area (Å²) in [6.45, 7) is 0. The van der Waals surface area contributed by atoms with Crippen molar-refractivity contribution in [3.05, 3.63) is 27.7 Å². The molecule has 0 radical (unpaired) electrons. The maximum atomic E-state index is 11.6. The van der Waals surface area contributed by atoms with Crippen LogP contribution in [0.5, 0.6) is 0 Å². The molecular formula is C12H12BrClN2O3. The topological polar surface area (TPSA) is 92.4 Å². The number of aliphatic carboxylic acids is 1. The van der Waals surface area contributed by atoms with Gasteiger partial charge in [0.25, 0.3) is 0 Å². The predicted molar refractivity (Wildman–Crippen MR) is 75.1 cm³/mol. The summed E-state index contributed by atoms with van der Waals surface area (Å²) in [7, 11) is 0. The summed E-state index contributed by atoms with van der Waals surface area (Å²) in [4.78, 5) is 22.4. The number of nitrogens with two attached hydrogens (primary N) is 1. The molecule has 4 N–H and O–H groups in total. The highest BCUT2D eigenvalue weighted by Gasteiger charge is 2.52. The maximum Gasteiger partial charge on any atom is 0.306 e. The summed E-state index contributed by atoms with van der Waals surface area (Å²) >= 11 is 9.17. The van der Waals surface area contributed by atoms with Gasteiger partial charge in [0, 0.05) is 10.2 Å². The Hall–Kier alpha value is -1.27. The first-order chi connectivity index (χ1) is 8.84. The monoisotopic (exact) mass is 346 g/mol. The van der Waals surface area contributed by atoms with E-state index in [4.69, 9.17) is 22.4 Å². The number of hydrogen-bond acceptors (Lipinski definition) is 3. The molecule has 19 heavy (non-hydrogen) atoms. The average molecular weight is 348 g/mol. The van der Waals surface area contributed by atoms with E-state index in [-0.39, 0.29) is 12.8 Å². The molecular weight excluding hydrogens is 336 g/mol. The lowest BCUT2D eigenvalue weighted by atomic mass is 9.67. The Balaban J connectivity index is 2.17. The van der Waals surface area contributed by atoms with Gasteiger partial charge in [-0.1, -0.05) is 11.6 Å². The number of carboxylic acid groups (broad SMARTS) is 1. The molecule has 0 aliphatic heterocycles. The van der Waals surface area contributed by atoms with E-state index in [1.54, 1.807) is 18.2 Å². The van der Waals surface area contributed by atoms with Gasteiger partial charge in [-0.2, -0.15) is 0 Å². The number of carbonyl (C=O) groups is 2. The number of carboxylic acids is 1. The zero-order valence-corrected chi connectivity index (χ0v) is 12.2. The van der Waals surface area contributed by atoms with Gasteiger partial charge in [0.15, 0.2) is 0 Å². The van der Waals surface area contributed by atoms with E-state index >= 15 is 0 Å². The van der Waals surface area contributed by atoms with Crippen molar-refractivity contribution in [2.24, 2.45) is 11.7 Å². The van der Waals surface area contributed by atoms with Crippen LogP contribution >= 0.6 is 27.5 Å². The Labute approximate surface area is 123 Å². The van der Waals surface area contributed by atoms with Gasteiger partial charge in [0.05, 0.1) is 10.9 Å². The summed E-state index contributed by atoms with van der Waals surface area (Å²) in [6.07, 6.45) is 0.385. The van der Waals surface area contributed by atoms with Gasteiger partial charge in [-0.3, -0.25) is 9.59 Å².